The monoisotopic (exact) mass is 238 g/mol. The van der Waals surface area contributed by atoms with Crippen LogP contribution in [0.4, 0.5) is 5.82 Å². The van der Waals surface area contributed by atoms with Crippen LogP contribution in [0.1, 0.15) is 5.56 Å². The van der Waals surface area contributed by atoms with Crippen molar-refractivity contribution in [2.45, 2.75) is 6.92 Å². The Kier molecular flexibility index (Phi) is 3.19. The molecule has 1 atom stereocenters. The highest BCUT2D eigenvalue weighted by atomic mass is 32.2. The maximum Gasteiger partial charge on any atom is 0.157 e. The summed E-state index contributed by atoms with van der Waals surface area (Å²) in [5, 5.41) is 7.34. The van der Waals surface area contributed by atoms with Gasteiger partial charge in [0.25, 0.3) is 0 Å². The molecule has 0 bridgehead atoms. The van der Waals surface area contributed by atoms with Gasteiger partial charge >= 0.3 is 0 Å². The summed E-state index contributed by atoms with van der Waals surface area (Å²) in [5.74, 6) is 1.52. The van der Waals surface area contributed by atoms with E-state index in [-0.39, 0.29) is 0 Å². The lowest BCUT2D eigenvalue weighted by Gasteiger charge is -2.08. The first-order valence-electron chi connectivity index (χ1n) is 5.01. The van der Waals surface area contributed by atoms with Gasteiger partial charge in [0.1, 0.15) is 12.1 Å². The third-order valence-corrected chi connectivity index (χ3v) is 3.00. The van der Waals surface area contributed by atoms with Crippen LogP contribution in [0.15, 0.2) is 18.5 Å². The predicted octanol–water partition coefficient (Wildman–Crippen LogP) is 0.828. The molecule has 0 saturated carbocycles. The third-order valence-electron chi connectivity index (χ3n) is 2.22. The van der Waals surface area contributed by atoms with Crippen molar-refractivity contribution in [2.75, 3.05) is 23.9 Å². The molecule has 6 heteroatoms. The molecule has 2 aromatic heterocycles. The molecule has 0 aliphatic rings. The number of aromatic nitrogens is 3. The molecule has 2 rings (SSSR count). The lowest BCUT2D eigenvalue weighted by atomic mass is 10.3. The van der Waals surface area contributed by atoms with Crippen molar-refractivity contribution in [3.05, 3.63) is 24.0 Å². The van der Waals surface area contributed by atoms with E-state index in [0.717, 1.165) is 17.0 Å². The van der Waals surface area contributed by atoms with Crippen molar-refractivity contribution >= 4 is 22.3 Å². The fourth-order valence-electron chi connectivity index (χ4n) is 1.51. The van der Waals surface area contributed by atoms with Crippen molar-refractivity contribution in [3.63, 3.8) is 0 Å². The van der Waals surface area contributed by atoms with Crippen LogP contribution in [0.2, 0.25) is 0 Å². The van der Waals surface area contributed by atoms with E-state index >= 15 is 0 Å². The van der Waals surface area contributed by atoms with Crippen LogP contribution >= 0.6 is 0 Å². The van der Waals surface area contributed by atoms with Crippen LogP contribution < -0.4 is 5.32 Å². The van der Waals surface area contributed by atoms with E-state index in [9.17, 15) is 4.21 Å². The maximum absolute atomic E-state index is 11.0. The van der Waals surface area contributed by atoms with E-state index in [1.165, 1.54) is 6.33 Å². The molecule has 1 N–H and O–H groups in total. The Morgan fingerprint density at radius 2 is 2.31 bits per heavy atom. The van der Waals surface area contributed by atoms with Gasteiger partial charge < -0.3 is 5.32 Å². The van der Waals surface area contributed by atoms with E-state index < -0.39 is 10.8 Å². The predicted molar refractivity (Wildman–Crippen MR) is 65.1 cm³/mol. The molecule has 16 heavy (non-hydrogen) atoms. The van der Waals surface area contributed by atoms with E-state index in [1.807, 2.05) is 19.1 Å². The van der Waals surface area contributed by atoms with Gasteiger partial charge in [0.05, 0.1) is 0 Å². The standard InChI is InChI=1S/C10H14N4OS/c1-8-5-9(11-3-4-16(2)15)14-10(6-8)12-7-13-14/h5-7,11H,3-4H2,1-2H3. The van der Waals surface area contributed by atoms with Gasteiger partial charge in [-0.1, -0.05) is 0 Å². The van der Waals surface area contributed by atoms with Crippen molar-refractivity contribution in [1.82, 2.24) is 14.6 Å². The second-order valence-electron chi connectivity index (χ2n) is 3.65. The molecule has 5 nitrogen and oxygen atoms in total. The first-order valence-corrected chi connectivity index (χ1v) is 6.74. The summed E-state index contributed by atoms with van der Waals surface area (Å²) in [6.07, 6.45) is 3.22. The molecule has 1 unspecified atom stereocenters. The summed E-state index contributed by atoms with van der Waals surface area (Å²) in [5.41, 5.74) is 1.95. The summed E-state index contributed by atoms with van der Waals surface area (Å²) < 4.78 is 12.7. The molecule has 2 heterocycles. The second kappa shape index (κ2) is 4.61. The quantitative estimate of drug-likeness (QED) is 0.857. The van der Waals surface area contributed by atoms with Crippen LogP contribution in [0, 0.1) is 6.92 Å². The molecule has 0 aliphatic carbocycles. The maximum atomic E-state index is 11.0. The Morgan fingerprint density at radius 3 is 3.06 bits per heavy atom. The minimum atomic E-state index is -0.776. The Morgan fingerprint density at radius 1 is 1.50 bits per heavy atom. The smallest absolute Gasteiger partial charge is 0.157 e. The van der Waals surface area contributed by atoms with Crippen LogP contribution in [0.3, 0.4) is 0 Å². The number of hydrogen-bond acceptors (Lipinski definition) is 4. The van der Waals surface area contributed by atoms with Crippen molar-refractivity contribution in [2.24, 2.45) is 0 Å². The van der Waals surface area contributed by atoms with Gasteiger partial charge in [0.2, 0.25) is 0 Å². The number of rotatable bonds is 4. The number of nitrogens with one attached hydrogen (secondary N) is 1. The van der Waals surface area contributed by atoms with Gasteiger partial charge in [-0.25, -0.2) is 4.98 Å². The summed E-state index contributed by atoms with van der Waals surface area (Å²) in [4.78, 5) is 4.14. The fraction of sp³-hybridized carbons (Fsp3) is 0.400. The Hall–Kier alpha value is -1.43. The van der Waals surface area contributed by atoms with E-state index in [1.54, 1.807) is 10.8 Å². The largest absolute Gasteiger partial charge is 0.369 e. The van der Waals surface area contributed by atoms with E-state index in [0.29, 0.717) is 12.3 Å². The zero-order chi connectivity index (χ0) is 11.5. The normalized spacial score (nSPS) is 12.9. The highest BCUT2D eigenvalue weighted by Crippen LogP contribution is 2.12. The molecular weight excluding hydrogens is 224 g/mol. The summed E-state index contributed by atoms with van der Waals surface area (Å²) in [6, 6.07) is 3.97. The molecule has 0 fully saturated rings. The van der Waals surface area contributed by atoms with E-state index in [4.69, 9.17) is 0 Å². The fourth-order valence-corrected chi connectivity index (χ4v) is 1.89. The molecule has 0 spiro atoms. The lowest BCUT2D eigenvalue weighted by Crippen LogP contribution is -2.12. The van der Waals surface area contributed by atoms with Crippen molar-refractivity contribution in [1.29, 1.82) is 0 Å². The molecule has 0 aliphatic heterocycles. The average molecular weight is 238 g/mol. The number of aryl methyl sites for hydroxylation is 1. The lowest BCUT2D eigenvalue weighted by molar-refractivity contribution is 0.687. The van der Waals surface area contributed by atoms with Gasteiger partial charge in [-0.2, -0.15) is 9.61 Å². The SMILES string of the molecule is Cc1cc(NCCS(C)=O)n2ncnc2c1. The number of nitrogens with zero attached hydrogens (tertiary/aromatic N) is 3. The molecule has 2 aromatic rings. The summed E-state index contributed by atoms with van der Waals surface area (Å²) in [7, 11) is -0.776. The Balaban J connectivity index is 2.22. The molecule has 0 amide bonds. The first kappa shape index (κ1) is 11.1. The highest BCUT2D eigenvalue weighted by molar-refractivity contribution is 7.84. The number of hydrogen-bond donors (Lipinski definition) is 1. The van der Waals surface area contributed by atoms with Crippen LogP contribution in [0.25, 0.3) is 5.65 Å². The Labute approximate surface area is 96.3 Å². The molecule has 86 valence electrons. The average Bonchev–Trinajstić information content (AvgIpc) is 2.64. The zero-order valence-electron chi connectivity index (χ0n) is 9.30. The second-order valence-corrected chi connectivity index (χ2v) is 5.21. The Bertz CT molecular complexity index is 523. The van der Waals surface area contributed by atoms with E-state index in [2.05, 4.69) is 15.4 Å². The van der Waals surface area contributed by atoms with Crippen LogP contribution in [-0.4, -0.2) is 37.4 Å². The summed E-state index contributed by atoms with van der Waals surface area (Å²) >= 11 is 0. The van der Waals surface area contributed by atoms with Crippen LogP contribution in [-0.2, 0) is 10.8 Å². The van der Waals surface area contributed by atoms with Gasteiger partial charge in [-0.3, -0.25) is 4.21 Å². The molecular formula is C10H14N4OS. The van der Waals surface area contributed by atoms with Crippen molar-refractivity contribution in [3.8, 4) is 0 Å². The topological polar surface area (TPSA) is 59.3 Å². The highest BCUT2D eigenvalue weighted by Gasteiger charge is 2.03. The molecule has 0 aromatic carbocycles. The third kappa shape index (κ3) is 2.38. The van der Waals surface area contributed by atoms with Gasteiger partial charge in [-0.05, 0) is 24.6 Å². The van der Waals surface area contributed by atoms with Gasteiger partial charge in [-0.15, -0.1) is 0 Å². The number of pyridine rings is 1. The van der Waals surface area contributed by atoms with Crippen LogP contribution in [0.5, 0.6) is 0 Å². The number of anilines is 1. The van der Waals surface area contributed by atoms with Gasteiger partial charge in [0, 0.05) is 29.4 Å². The number of fused-ring (bicyclic) bond motifs is 1. The first-order chi connectivity index (χ1) is 7.66. The molecule has 0 saturated heterocycles. The summed E-state index contributed by atoms with van der Waals surface area (Å²) in [6.45, 7) is 2.68. The minimum absolute atomic E-state index is 0.629. The molecule has 0 radical (unpaired) electrons. The minimum Gasteiger partial charge on any atom is -0.369 e. The van der Waals surface area contributed by atoms with Crippen molar-refractivity contribution < 1.29 is 4.21 Å². The van der Waals surface area contributed by atoms with Gasteiger partial charge in [0.15, 0.2) is 5.65 Å². The zero-order valence-corrected chi connectivity index (χ0v) is 10.1.